The molecule has 1 aliphatic carbocycles. The van der Waals surface area contributed by atoms with Gasteiger partial charge < -0.3 is 14.2 Å². The van der Waals surface area contributed by atoms with E-state index < -0.39 is 11.7 Å². The van der Waals surface area contributed by atoms with Crippen molar-refractivity contribution in [1.29, 1.82) is 0 Å². The quantitative estimate of drug-likeness (QED) is 0.587. The Morgan fingerprint density at radius 1 is 1.13 bits per heavy atom. The van der Waals surface area contributed by atoms with Gasteiger partial charge in [-0.25, -0.2) is 4.98 Å². The van der Waals surface area contributed by atoms with Crippen LogP contribution in [0.1, 0.15) is 45.9 Å². The zero-order valence-electron chi connectivity index (χ0n) is 16.0. The third-order valence-electron chi connectivity index (χ3n) is 4.70. The van der Waals surface area contributed by atoms with Gasteiger partial charge in [0.15, 0.2) is 5.69 Å². The van der Waals surface area contributed by atoms with Crippen LogP contribution in [0.25, 0.3) is 0 Å². The Balaban J connectivity index is 1.49. The van der Waals surface area contributed by atoms with Crippen molar-refractivity contribution in [2.24, 2.45) is 0 Å². The number of halogens is 3. The summed E-state index contributed by atoms with van der Waals surface area (Å²) >= 11 is 0. The van der Waals surface area contributed by atoms with Gasteiger partial charge in [-0.05, 0) is 30.5 Å². The highest BCUT2D eigenvalue weighted by molar-refractivity contribution is 5.92. The minimum atomic E-state index is -4.40. The first-order valence-electron chi connectivity index (χ1n) is 9.51. The molecule has 1 amide bonds. The van der Waals surface area contributed by atoms with E-state index in [0.29, 0.717) is 18.0 Å². The summed E-state index contributed by atoms with van der Waals surface area (Å²) in [7, 11) is 0. The molecule has 0 unspecified atom stereocenters. The molecule has 4 rings (SSSR count). The molecular formula is C21H20F3N3O3. The van der Waals surface area contributed by atoms with Crippen molar-refractivity contribution >= 4 is 5.91 Å². The normalized spacial score (nSPS) is 14.3. The van der Waals surface area contributed by atoms with Crippen LogP contribution in [0, 0.1) is 0 Å². The Labute approximate surface area is 170 Å². The van der Waals surface area contributed by atoms with Crippen molar-refractivity contribution < 1.29 is 26.8 Å². The van der Waals surface area contributed by atoms with Crippen LogP contribution in [-0.2, 0) is 25.8 Å². The molecule has 1 N–H and O–H groups in total. The maximum absolute atomic E-state index is 13.0. The van der Waals surface area contributed by atoms with E-state index in [9.17, 15) is 18.0 Å². The molecule has 0 atom stereocenters. The smallest absolute Gasteiger partial charge is 0.416 e. The molecule has 9 heteroatoms. The second kappa shape index (κ2) is 8.35. The maximum Gasteiger partial charge on any atom is 0.416 e. The Hall–Kier alpha value is -3.07. The Morgan fingerprint density at radius 2 is 1.93 bits per heavy atom. The number of benzene rings is 1. The first-order chi connectivity index (χ1) is 14.4. The standard InChI is InChI=1S/C21H20F3N3O3/c22-21(23,24)16-3-1-2-14(8-16)9-27(10-15-6-7-29-12-15)11-19-26-18(13-30-19)20(28)25-17-4-5-17/h1-3,6-8,12-13,17H,4-5,9-11H2,(H,25,28). The van der Waals surface area contributed by atoms with Gasteiger partial charge in [-0.2, -0.15) is 13.2 Å². The van der Waals surface area contributed by atoms with Crippen LogP contribution in [0.4, 0.5) is 13.2 Å². The van der Waals surface area contributed by atoms with Gasteiger partial charge in [-0.15, -0.1) is 0 Å². The lowest BCUT2D eigenvalue weighted by Crippen LogP contribution is -2.26. The van der Waals surface area contributed by atoms with Crippen LogP contribution >= 0.6 is 0 Å². The number of hydrogen-bond donors (Lipinski definition) is 1. The summed E-state index contributed by atoms with van der Waals surface area (Å²) in [5.41, 5.74) is 0.865. The number of carbonyl (C=O) groups excluding carboxylic acids is 1. The van der Waals surface area contributed by atoms with Crippen molar-refractivity contribution in [2.75, 3.05) is 0 Å². The molecule has 1 aliphatic rings. The Bertz CT molecular complexity index is 994. The van der Waals surface area contributed by atoms with Gasteiger partial charge in [-0.3, -0.25) is 9.69 Å². The van der Waals surface area contributed by atoms with Gasteiger partial charge in [0.1, 0.15) is 6.26 Å². The average Bonchev–Trinajstić information content (AvgIpc) is 3.15. The van der Waals surface area contributed by atoms with Crippen LogP contribution in [-0.4, -0.2) is 21.8 Å². The highest BCUT2D eigenvalue weighted by atomic mass is 19.4. The largest absolute Gasteiger partial charge is 0.472 e. The minimum absolute atomic E-state index is 0.194. The van der Waals surface area contributed by atoms with Crippen molar-refractivity contribution in [1.82, 2.24) is 15.2 Å². The average molecular weight is 419 g/mol. The van der Waals surface area contributed by atoms with Crippen LogP contribution in [0.5, 0.6) is 0 Å². The van der Waals surface area contributed by atoms with Crippen molar-refractivity contribution in [3.05, 3.63) is 77.4 Å². The van der Waals surface area contributed by atoms with Crippen molar-refractivity contribution in [2.45, 2.75) is 44.7 Å². The summed E-state index contributed by atoms with van der Waals surface area (Å²) in [6.45, 7) is 0.873. The first kappa shape index (κ1) is 20.2. The predicted molar refractivity (Wildman–Crippen MR) is 100 cm³/mol. The Kier molecular flexibility index (Phi) is 5.63. The van der Waals surface area contributed by atoms with Gasteiger partial charge in [0.05, 0.1) is 24.6 Å². The van der Waals surface area contributed by atoms with E-state index in [1.807, 2.05) is 4.90 Å². The molecule has 158 valence electrons. The van der Waals surface area contributed by atoms with Gasteiger partial charge in [0.25, 0.3) is 5.91 Å². The van der Waals surface area contributed by atoms with Gasteiger partial charge in [-0.1, -0.05) is 18.2 Å². The predicted octanol–water partition coefficient (Wildman–Crippen LogP) is 4.38. The maximum atomic E-state index is 13.0. The number of rotatable bonds is 8. The van der Waals surface area contributed by atoms with Crippen molar-refractivity contribution in [3.63, 3.8) is 0 Å². The third kappa shape index (κ3) is 5.29. The number of carbonyl (C=O) groups is 1. The summed E-state index contributed by atoms with van der Waals surface area (Å²) in [4.78, 5) is 18.2. The summed E-state index contributed by atoms with van der Waals surface area (Å²) in [5.74, 6) is 0.0261. The molecule has 0 bridgehead atoms. The topological polar surface area (TPSA) is 71.5 Å². The highest BCUT2D eigenvalue weighted by Gasteiger charge is 2.30. The molecule has 0 spiro atoms. The summed E-state index contributed by atoms with van der Waals surface area (Å²) in [6.07, 6.45) is 1.93. The number of alkyl halides is 3. The molecule has 2 heterocycles. The molecule has 0 radical (unpaired) electrons. The van der Waals surface area contributed by atoms with E-state index >= 15 is 0 Å². The number of amides is 1. The number of aromatic nitrogens is 1. The second-order valence-corrected chi connectivity index (χ2v) is 7.35. The van der Waals surface area contributed by atoms with E-state index in [-0.39, 0.29) is 30.7 Å². The molecule has 1 aromatic carbocycles. The summed E-state index contributed by atoms with van der Waals surface area (Å²) in [6, 6.07) is 7.19. The molecule has 30 heavy (non-hydrogen) atoms. The van der Waals surface area contributed by atoms with Crippen LogP contribution < -0.4 is 5.32 Å². The van der Waals surface area contributed by atoms with Gasteiger partial charge in [0.2, 0.25) is 5.89 Å². The van der Waals surface area contributed by atoms with Crippen LogP contribution in [0.15, 0.2) is 58.0 Å². The first-order valence-corrected chi connectivity index (χ1v) is 9.51. The van der Waals surface area contributed by atoms with E-state index in [2.05, 4.69) is 10.3 Å². The lowest BCUT2D eigenvalue weighted by atomic mass is 10.1. The fourth-order valence-electron chi connectivity index (χ4n) is 3.08. The monoisotopic (exact) mass is 419 g/mol. The number of furan rings is 1. The minimum Gasteiger partial charge on any atom is -0.472 e. The van der Waals surface area contributed by atoms with E-state index in [1.165, 1.54) is 18.6 Å². The Morgan fingerprint density at radius 3 is 2.63 bits per heavy atom. The molecule has 0 aliphatic heterocycles. The molecule has 2 aromatic heterocycles. The number of hydrogen-bond acceptors (Lipinski definition) is 5. The van der Waals surface area contributed by atoms with Gasteiger partial charge >= 0.3 is 6.18 Å². The van der Waals surface area contributed by atoms with Crippen molar-refractivity contribution in [3.8, 4) is 0 Å². The van der Waals surface area contributed by atoms with Crippen LogP contribution in [0.3, 0.4) is 0 Å². The zero-order chi connectivity index (χ0) is 21.1. The highest BCUT2D eigenvalue weighted by Crippen LogP contribution is 2.30. The SMILES string of the molecule is O=C(NC1CC1)c1coc(CN(Cc2ccoc2)Cc2cccc(C(F)(F)F)c2)n1. The van der Waals surface area contributed by atoms with E-state index in [0.717, 1.165) is 30.5 Å². The van der Waals surface area contributed by atoms with Crippen LogP contribution in [0.2, 0.25) is 0 Å². The molecule has 0 saturated heterocycles. The second-order valence-electron chi connectivity index (χ2n) is 7.35. The fourth-order valence-corrected chi connectivity index (χ4v) is 3.08. The molecule has 1 saturated carbocycles. The lowest BCUT2D eigenvalue weighted by Gasteiger charge is -2.20. The molecular weight excluding hydrogens is 399 g/mol. The number of oxazole rings is 1. The lowest BCUT2D eigenvalue weighted by molar-refractivity contribution is -0.137. The summed E-state index contributed by atoms with van der Waals surface area (Å²) < 4.78 is 49.7. The zero-order valence-corrected chi connectivity index (χ0v) is 16.0. The molecule has 6 nitrogen and oxygen atoms in total. The van der Waals surface area contributed by atoms with E-state index in [4.69, 9.17) is 8.83 Å². The molecule has 3 aromatic rings. The van der Waals surface area contributed by atoms with Gasteiger partial charge in [0, 0.05) is 24.7 Å². The summed E-state index contributed by atoms with van der Waals surface area (Å²) in [5, 5.41) is 2.84. The fraction of sp³-hybridized carbons (Fsp3) is 0.333. The molecule has 1 fully saturated rings. The third-order valence-corrected chi connectivity index (χ3v) is 4.70. The number of nitrogens with one attached hydrogen (secondary N) is 1. The number of nitrogens with zero attached hydrogens (tertiary/aromatic N) is 2. The van der Waals surface area contributed by atoms with E-state index in [1.54, 1.807) is 18.4 Å².